The Hall–Kier alpha value is -2.07. The van der Waals surface area contributed by atoms with Gasteiger partial charge in [0, 0.05) is 19.3 Å². The van der Waals surface area contributed by atoms with E-state index < -0.39 is 0 Å². The van der Waals surface area contributed by atoms with E-state index in [1.54, 1.807) is 13.3 Å². The molecule has 0 radical (unpaired) electrons. The first-order chi connectivity index (χ1) is 10.2. The molecule has 4 nitrogen and oxygen atoms in total. The molecule has 2 aromatic rings. The molecule has 1 aromatic carbocycles. The lowest BCUT2D eigenvalue weighted by atomic mass is 10.2. The van der Waals surface area contributed by atoms with Crippen LogP contribution < -0.4 is 14.8 Å². The average molecular weight is 286 g/mol. The molecule has 0 spiro atoms. The van der Waals surface area contributed by atoms with Crippen molar-refractivity contribution in [3.63, 3.8) is 0 Å². The summed E-state index contributed by atoms with van der Waals surface area (Å²) < 4.78 is 11.1. The minimum Gasteiger partial charge on any atom is -0.493 e. The van der Waals surface area contributed by atoms with Crippen LogP contribution in [-0.2, 0) is 13.1 Å². The lowest BCUT2D eigenvalue weighted by Crippen LogP contribution is -2.14. The summed E-state index contributed by atoms with van der Waals surface area (Å²) in [7, 11) is 1.66. The molecule has 0 fully saturated rings. The fourth-order valence-electron chi connectivity index (χ4n) is 2.01. The minimum atomic E-state index is 0.132. The van der Waals surface area contributed by atoms with Gasteiger partial charge in [0.05, 0.1) is 18.9 Å². The van der Waals surface area contributed by atoms with Crippen molar-refractivity contribution in [3.05, 3.63) is 53.9 Å². The van der Waals surface area contributed by atoms with Crippen LogP contribution in [0, 0.1) is 0 Å². The Morgan fingerprint density at radius 3 is 2.62 bits per heavy atom. The number of hydrogen-bond donors (Lipinski definition) is 1. The minimum absolute atomic E-state index is 0.132. The van der Waals surface area contributed by atoms with Crippen LogP contribution in [0.15, 0.2) is 42.6 Å². The Morgan fingerprint density at radius 2 is 1.95 bits per heavy atom. The van der Waals surface area contributed by atoms with E-state index in [-0.39, 0.29) is 6.10 Å². The number of nitrogens with one attached hydrogen (secondary N) is 1. The zero-order chi connectivity index (χ0) is 15.1. The number of hydrogen-bond acceptors (Lipinski definition) is 4. The molecular formula is C17H22N2O2. The maximum absolute atomic E-state index is 5.71. The van der Waals surface area contributed by atoms with Gasteiger partial charge in [0.25, 0.3) is 0 Å². The first-order valence-corrected chi connectivity index (χ1v) is 7.13. The average Bonchev–Trinajstić information content (AvgIpc) is 2.49. The number of methoxy groups -OCH3 is 1. The Morgan fingerprint density at radius 1 is 1.10 bits per heavy atom. The monoisotopic (exact) mass is 286 g/mol. The molecule has 0 bridgehead atoms. The summed E-state index contributed by atoms with van der Waals surface area (Å²) in [6, 6.07) is 11.9. The van der Waals surface area contributed by atoms with Gasteiger partial charge in [-0.1, -0.05) is 12.1 Å². The summed E-state index contributed by atoms with van der Waals surface area (Å²) in [5, 5.41) is 3.37. The summed E-state index contributed by atoms with van der Waals surface area (Å²) >= 11 is 0. The van der Waals surface area contributed by atoms with Crippen molar-refractivity contribution in [2.75, 3.05) is 7.11 Å². The molecule has 0 atom stereocenters. The van der Waals surface area contributed by atoms with Crippen molar-refractivity contribution >= 4 is 0 Å². The molecule has 0 saturated heterocycles. The summed E-state index contributed by atoms with van der Waals surface area (Å²) in [5.74, 6) is 1.54. The number of benzene rings is 1. The van der Waals surface area contributed by atoms with Crippen LogP contribution in [0.2, 0.25) is 0 Å². The predicted octanol–water partition coefficient (Wildman–Crippen LogP) is 3.17. The van der Waals surface area contributed by atoms with Gasteiger partial charge >= 0.3 is 0 Å². The summed E-state index contributed by atoms with van der Waals surface area (Å²) in [6.45, 7) is 5.51. The van der Waals surface area contributed by atoms with Crippen molar-refractivity contribution in [1.82, 2.24) is 10.3 Å². The Labute approximate surface area is 126 Å². The third-order valence-corrected chi connectivity index (χ3v) is 2.95. The second kappa shape index (κ2) is 7.64. The van der Waals surface area contributed by atoms with Gasteiger partial charge in [0.1, 0.15) is 0 Å². The van der Waals surface area contributed by atoms with Crippen LogP contribution in [0.25, 0.3) is 0 Å². The molecule has 4 heteroatoms. The fourth-order valence-corrected chi connectivity index (χ4v) is 2.01. The van der Waals surface area contributed by atoms with Gasteiger partial charge in [-0.05, 0) is 43.7 Å². The third kappa shape index (κ3) is 4.76. The summed E-state index contributed by atoms with van der Waals surface area (Å²) in [6.07, 6.45) is 1.94. The molecule has 0 aliphatic rings. The second-order valence-electron chi connectivity index (χ2n) is 5.08. The number of pyridine rings is 1. The van der Waals surface area contributed by atoms with E-state index in [1.807, 2.05) is 50.2 Å². The fraction of sp³-hybridized carbons (Fsp3) is 0.353. The van der Waals surface area contributed by atoms with Crippen LogP contribution in [-0.4, -0.2) is 18.2 Å². The van der Waals surface area contributed by atoms with Gasteiger partial charge < -0.3 is 14.8 Å². The van der Waals surface area contributed by atoms with Crippen LogP contribution in [0.5, 0.6) is 11.5 Å². The smallest absolute Gasteiger partial charge is 0.161 e. The first kappa shape index (κ1) is 15.3. The van der Waals surface area contributed by atoms with Crippen LogP contribution in [0.4, 0.5) is 0 Å². The highest BCUT2D eigenvalue weighted by atomic mass is 16.5. The first-order valence-electron chi connectivity index (χ1n) is 7.13. The van der Waals surface area contributed by atoms with Crippen molar-refractivity contribution < 1.29 is 9.47 Å². The lowest BCUT2D eigenvalue weighted by molar-refractivity contribution is 0.230. The molecule has 2 rings (SSSR count). The van der Waals surface area contributed by atoms with Crippen LogP contribution in [0.1, 0.15) is 25.1 Å². The van der Waals surface area contributed by atoms with E-state index in [2.05, 4.69) is 10.3 Å². The Balaban J connectivity index is 1.94. The Kier molecular flexibility index (Phi) is 5.58. The number of ether oxygens (including phenoxy) is 2. The third-order valence-electron chi connectivity index (χ3n) is 2.95. The number of rotatable bonds is 7. The molecule has 0 unspecified atom stereocenters. The van der Waals surface area contributed by atoms with Gasteiger partial charge in [-0.2, -0.15) is 0 Å². The van der Waals surface area contributed by atoms with Crippen LogP contribution in [0.3, 0.4) is 0 Å². The molecule has 0 saturated carbocycles. The van der Waals surface area contributed by atoms with Crippen molar-refractivity contribution in [2.45, 2.75) is 33.0 Å². The van der Waals surface area contributed by atoms with E-state index in [0.717, 1.165) is 35.8 Å². The summed E-state index contributed by atoms with van der Waals surface area (Å²) in [4.78, 5) is 4.28. The van der Waals surface area contributed by atoms with E-state index in [4.69, 9.17) is 9.47 Å². The zero-order valence-corrected chi connectivity index (χ0v) is 12.8. The predicted molar refractivity (Wildman–Crippen MR) is 83.5 cm³/mol. The highest BCUT2D eigenvalue weighted by molar-refractivity contribution is 5.43. The van der Waals surface area contributed by atoms with Gasteiger partial charge in [0.2, 0.25) is 0 Å². The van der Waals surface area contributed by atoms with Crippen molar-refractivity contribution in [2.24, 2.45) is 0 Å². The van der Waals surface area contributed by atoms with Gasteiger partial charge in [-0.3, -0.25) is 4.98 Å². The molecular weight excluding hydrogens is 264 g/mol. The normalized spacial score (nSPS) is 10.7. The van der Waals surface area contributed by atoms with E-state index in [9.17, 15) is 0 Å². The summed E-state index contributed by atoms with van der Waals surface area (Å²) in [5.41, 5.74) is 2.18. The molecule has 21 heavy (non-hydrogen) atoms. The molecule has 112 valence electrons. The van der Waals surface area contributed by atoms with Gasteiger partial charge in [-0.25, -0.2) is 0 Å². The lowest BCUT2D eigenvalue weighted by Gasteiger charge is -2.14. The van der Waals surface area contributed by atoms with E-state index in [0.29, 0.717) is 0 Å². The molecule has 0 aliphatic carbocycles. The zero-order valence-electron chi connectivity index (χ0n) is 12.8. The highest BCUT2D eigenvalue weighted by Gasteiger charge is 2.07. The van der Waals surface area contributed by atoms with Crippen molar-refractivity contribution in [1.29, 1.82) is 0 Å². The van der Waals surface area contributed by atoms with Gasteiger partial charge in [-0.15, -0.1) is 0 Å². The van der Waals surface area contributed by atoms with Crippen LogP contribution >= 0.6 is 0 Å². The molecule has 0 amide bonds. The number of aromatic nitrogens is 1. The number of nitrogens with zero attached hydrogens (tertiary/aromatic N) is 1. The standard InChI is InChI=1S/C17H22N2O2/c1-13(2)21-16-8-7-14(10-17(16)20-3)11-18-12-15-6-4-5-9-19-15/h4-10,13,18H,11-12H2,1-3H3. The second-order valence-corrected chi connectivity index (χ2v) is 5.08. The maximum atomic E-state index is 5.71. The largest absolute Gasteiger partial charge is 0.493 e. The molecule has 1 heterocycles. The van der Waals surface area contributed by atoms with E-state index in [1.165, 1.54) is 0 Å². The molecule has 0 aliphatic heterocycles. The topological polar surface area (TPSA) is 43.4 Å². The maximum Gasteiger partial charge on any atom is 0.161 e. The van der Waals surface area contributed by atoms with E-state index >= 15 is 0 Å². The van der Waals surface area contributed by atoms with Crippen molar-refractivity contribution in [3.8, 4) is 11.5 Å². The Bertz CT molecular complexity index is 556. The molecule has 1 N–H and O–H groups in total. The highest BCUT2D eigenvalue weighted by Crippen LogP contribution is 2.28. The SMILES string of the molecule is COc1cc(CNCc2ccccn2)ccc1OC(C)C. The quantitative estimate of drug-likeness (QED) is 0.849. The van der Waals surface area contributed by atoms with Gasteiger partial charge in [0.15, 0.2) is 11.5 Å². The molecule has 1 aromatic heterocycles.